The minimum absolute atomic E-state index is 0.00334. The Kier molecular flexibility index (Phi) is 7.08. The molecule has 0 aliphatic heterocycles. The van der Waals surface area contributed by atoms with Gasteiger partial charge in [-0.15, -0.1) is 11.8 Å². The number of thioether (sulfide) groups is 1. The first kappa shape index (κ1) is 20.7. The second-order valence-corrected chi connectivity index (χ2v) is 8.05. The van der Waals surface area contributed by atoms with Gasteiger partial charge in [-0.3, -0.25) is 9.59 Å². The summed E-state index contributed by atoms with van der Waals surface area (Å²) in [7, 11) is 0. The summed E-state index contributed by atoms with van der Waals surface area (Å²) >= 11 is 1.49. The molecule has 0 fully saturated rings. The number of amides is 2. The molecule has 2 aromatic carbocycles. The summed E-state index contributed by atoms with van der Waals surface area (Å²) in [5.41, 5.74) is 2.83. The molecule has 3 aromatic rings. The van der Waals surface area contributed by atoms with Crippen LogP contribution in [-0.4, -0.2) is 33.4 Å². The third-order valence-corrected chi connectivity index (χ3v) is 5.34. The normalized spacial score (nSPS) is 11.7. The van der Waals surface area contributed by atoms with Gasteiger partial charge in [0.05, 0.1) is 17.1 Å². The van der Waals surface area contributed by atoms with Gasteiger partial charge in [-0.05, 0) is 55.3 Å². The summed E-state index contributed by atoms with van der Waals surface area (Å²) in [5, 5.41) is 9.87. The first-order valence-electron chi connectivity index (χ1n) is 9.42. The number of benzene rings is 2. The highest BCUT2D eigenvalue weighted by molar-refractivity contribution is 8.00. The molecule has 0 bridgehead atoms. The van der Waals surface area contributed by atoms with Gasteiger partial charge in [0.25, 0.3) is 0 Å². The molecule has 150 valence electrons. The Hall–Kier alpha value is -3.06. The molecule has 6 nitrogen and oxygen atoms in total. The maximum atomic E-state index is 12.4. The van der Waals surface area contributed by atoms with Crippen molar-refractivity contribution in [2.45, 2.75) is 30.4 Å². The second-order valence-electron chi connectivity index (χ2n) is 6.64. The molecule has 1 heterocycles. The third kappa shape index (κ3) is 6.22. The highest BCUT2D eigenvalue weighted by Crippen LogP contribution is 2.24. The van der Waals surface area contributed by atoms with Gasteiger partial charge < -0.3 is 10.6 Å². The number of carbonyl (C=O) groups excluding carboxylic acids is 2. The Morgan fingerprint density at radius 2 is 1.83 bits per heavy atom. The van der Waals surface area contributed by atoms with Gasteiger partial charge in [-0.25, -0.2) is 4.68 Å². The lowest BCUT2D eigenvalue weighted by atomic mass is 10.2. The zero-order chi connectivity index (χ0) is 20.6. The van der Waals surface area contributed by atoms with E-state index < -0.39 is 0 Å². The van der Waals surface area contributed by atoms with Gasteiger partial charge in [-0.1, -0.05) is 18.2 Å². The average molecular weight is 409 g/mol. The predicted molar refractivity (Wildman–Crippen MR) is 116 cm³/mol. The molecule has 0 aliphatic rings. The number of hydrogen-bond acceptors (Lipinski definition) is 4. The third-order valence-electron chi connectivity index (χ3n) is 4.23. The standard InChI is InChI=1S/C22H24N4O2S/c1-16(29-21-10-8-19(9-11-21)25-17(2)27)22(28)23-13-12-18-14-24-26(15-18)20-6-4-3-5-7-20/h3-11,14-16H,12-13H2,1-2H3,(H,23,28)(H,25,27). The molecule has 0 saturated heterocycles. The van der Waals surface area contributed by atoms with E-state index in [1.165, 1.54) is 18.7 Å². The van der Waals surface area contributed by atoms with Crippen LogP contribution in [0.4, 0.5) is 5.69 Å². The van der Waals surface area contributed by atoms with Crippen LogP contribution in [0.5, 0.6) is 0 Å². The SMILES string of the molecule is CC(=O)Nc1ccc(SC(C)C(=O)NCCc2cnn(-c3ccccc3)c2)cc1. The molecule has 0 saturated carbocycles. The molecule has 0 spiro atoms. The summed E-state index contributed by atoms with van der Waals surface area (Å²) in [6, 6.07) is 17.4. The van der Waals surface area contributed by atoms with Crippen molar-refractivity contribution in [1.29, 1.82) is 0 Å². The number of rotatable bonds is 8. The minimum Gasteiger partial charge on any atom is -0.355 e. The Labute approximate surface area is 174 Å². The van der Waals surface area contributed by atoms with Crippen LogP contribution in [0.3, 0.4) is 0 Å². The quantitative estimate of drug-likeness (QED) is 0.558. The van der Waals surface area contributed by atoms with Crippen molar-refractivity contribution in [2.24, 2.45) is 0 Å². The van der Waals surface area contributed by atoms with Crippen LogP contribution in [0.25, 0.3) is 5.69 Å². The van der Waals surface area contributed by atoms with Crippen LogP contribution < -0.4 is 10.6 Å². The monoisotopic (exact) mass is 408 g/mol. The number of carbonyl (C=O) groups is 2. The maximum Gasteiger partial charge on any atom is 0.233 e. The highest BCUT2D eigenvalue weighted by Gasteiger charge is 2.14. The van der Waals surface area contributed by atoms with Gasteiger partial charge in [0, 0.05) is 30.2 Å². The molecule has 2 N–H and O–H groups in total. The fourth-order valence-corrected chi connectivity index (χ4v) is 3.65. The lowest BCUT2D eigenvalue weighted by Crippen LogP contribution is -2.32. The van der Waals surface area contributed by atoms with Crippen LogP contribution in [0.2, 0.25) is 0 Å². The second kappa shape index (κ2) is 9.93. The Morgan fingerprint density at radius 1 is 1.10 bits per heavy atom. The van der Waals surface area contributed by atoms with Crippen molar-refractivity contribution in [1.82, 2.24) is 15.1 Å². The lowest BCUT2D eigenvalue weighted by molar-refractivity contribution is -0.120. The molecule has 1 aromatic heterocycles. The van der Waals surface area contributed by atoms with E-state index in [9.17, 15) is 9.59 Å². The van der Waals surface area contributed by atoms with E-state index >= 15 is 0 Å². The summed E-state index contributed by atoms with van der Waals surface area (Å²) in [4.78, 5) is 24.4. The van der Waals surface area contributed by atoms with E-state index in [2.05, 4.69) is 15.7 Å². The molecule has 1 unspecified atom stereocenters. The Bertz CT molecular complexity index is 954. The van der Waals surface area contributed by atoms with Gasteiger partial charge in [-0.2, -0.15) is 5.10 Å². The van der Waals surface area contributed by atoms with Gasteiger partial charge in [0.15, 0.2) is 0 Å². The first-order valence-corrected chi connectivity index (χ1v) is 10.3. The van der Waals surface area contributed by atoms with Crippen molar-refractivity contribution in [2.75, 3.05) is 11.9 Å². The molecule has 0 radical (unpaired) electrons. The number of nitrogens with one attached hydrogen (secondary N) is 2. The molecule has 0 aliphatic carbocycles. The van der Waals surface area contributed by atoms with Crippen molar-refractivity contribution in [3.05, 3.63) is 72.6 Å². The molecule has 2 amide bonds. The number of nitrogens with zero attached hydrogens (tertiary/aromatic N) is 2. The van der Waals surface area contributed by atoms with Crippen LogP contribution in [0, 0.1) is 0 Å². The Balaban J connectivity index is 1.44. The van der Waals surface area contributed by atoms with E-state index in [4.69, 9.17) is 0 Å². The van der Waals surface area contributed by atoms with Crippen molar-refractivity contribution in [3.8, 4) is 5.69 Å². The summed E-state index contributed by atoms with van der Waals surface area (Å²) in [5.74, 6) is -0.108. The van der Waals surface area contributed by atoms with Crippen LogP contribution >= 0.6 is 11.8 Å². The number of para-hydroxylation sites is 1. The van der Waals surface area contributed by atoms with E-state index in [0.29, 0.717) is 6.54 Å². The molecular formula is C22H24N4O2S. The van der Waals surface area contributed by atoms with Gasteiger partial charge in [0.2, 0.25) is 11.8 Å². The average Bonchev–Trinajstić information content (AvgIpc) is 3.18. The van der Waals surface area contributed by atoms with Crippen LogP contribution in [-0.2, 0) is 16.0 Å². The summed E-state index contributed by atoms with van der Waals surface area (Å²) in [6.07, 6.45) is 4.53. The van der Waals surface area contributed by atoms with Gasteiger partial charge in [0.1, 0.15) is 0 Å². The number of anilines is 1. The molecule has 3 rings (SSSR count). The zero-order valence-electron chi connectivity index (χ0n) is 16.5. The summed E-state index contributed by atoms with van der Waals surface area (Å²) < 4.78 is 1.83. The number of aromatic nitrogens is 2. The summed E-state index contributed by atoms with van der Waals surface area (Å²) in [6.45, 7) is 3.92. The van der Waals surface area contributed by atoms with E-state index in [1.54, 1.807) is 0 Å². The molecule has 29 heavy (non-hydrogen) atoms. The maximum absolute atomic E-state index is 12.4. The fourth-order valence-electron chi connectivity index (χ4n) is 2.76. The largest absolute Gasteiger partial charge is 0.355 e. The molecular weight excluding hydrogens is 384 g/mol. The number of hydrogen-bond donors (Lipinski definition) is 2. The minimum atomic E-state index is -0.214. The molecule has 1 atom stereocenters. The topological polar surface area (TPSA) is 76.0 Å². The van der Waals surface area contributed by atoms with Crippen molar-refractivity contribution < 1.29 is 9.59 Å². The predicted octanol–water partition coefficient (Wildman–Crippen LogP) is 3.67. The van der Waals surface area contributed by atoms with Crippen molar-refractivity contribution in [3.63, 3.8) is 0 Å². The van der Waals surface area contributed by atoms with Gasteiger partial charge >= 0.3 is 0 Å². The fraction of sp³-hybridized carbons (Fsp3) is 0.227. The van der Waals surface area contributed by atoms with E-state index in [1.807, 2.05) is 78.6 Å². The van der Waals surface area contributed by atoms with Crippen molar-refractivity contribution >= 4 is 29.3 Å². The first-order chi connectivity index (χ1) is 14.0. The smallest absolute Gasteiger partial charge is 0.233 e. The van der Waals surface area contributed by atoms with Crippen LogP contribution in [0.15, 0.2) is 71.9 Å². The molecule has 7 heteroatoms. The lowest BCUT2D eigenvalue weighted by Gasteiger charge is -2.12. The zero-order valence-corrected chi connectivity index (χ0v) is 17.3. The van der Waals surface area contributed by atoms with E-state index in [0.717, 1.165) is 28.3 Å². The van der Waals surface area contributed by atoms with E-state index in [-0.39, 0.29) is 17.1 Å². The van der Waals surface area contributed by atoms with Crippen LogP contribution in [0.1, 0.15) is 19.4 Å². The Morgan fingerprint density at radius 3 is 2.52 bits per heavy atom. The highest BCUT2D eigenvalue weighted by atomic mass is 32.2.